The molecule has 2 fully saturated rings. The number of amides is 2. The molecule has 1 N–H and O–H groups in total. The summed E-state index contributed by atoms with van der Waals surface area (Å²) in [5.41, 5.74) is 0. The first kappa shape index (κ1) is 16.7. The van der Waals surface area contributed by atoms with E-state index in [1.165, 1.54) is 0 Å². The fourth-order valence-corrected chi connectivity index (χ4v) is 3.74. The molecule has 2 aromatic rings. The van der Waals surface area contributed by atoms with Crippen molar-refractivity contribution in [2.75, 3.05) is 11.9 Å². The van der Waals surface area contributed by atoms with Gasteiger partial charge in [-0.25, -0.2) is 4.98 Å². The maximum Gasteiger partial charge on any atom is 0.232 e. The molecule has 2 aromatic heterocycles. The predicted octanol–water partition coefficient (Wildman–Crippen LogP) is 1.28. The minimum Gasteiger partial charge on any atom is -0.336 e. The Morgan fingerprint density at radius 1 is 1.35 bits per heavy atom. The maximum atomic E-state index is 13.1. The molecule has 1 aliphatic carbocycles. The molecule has 138 valence electrons. The Balaban J connectivity index is 1.62. The van der Waals surface area contributed by atoms with Gasteiger partial charge in [0.15, 0.2) is 0 Å². The van der Waals surface area contributed by atoms with E-state index >= 15 is 0 Å². The van der Waals surface area contributed by atoms with Gasteiger partial charge in [-0.2, -0.15) is 0 Å². The van der Waals surface area contributed by atoms with Crippen LogP contribution in [0.4, 0.5) is 5.95 Å². The molecule has 0 aromatic carbocycles. The SMILES string of the molecule is CCN1C(=O)CC[C@H](C(=O)Nc2nncn2C2CC2)[C@H]1c1nccn1C. The Morgan fingerprint density at radius 2 is 2.15 bits per heavy atom. The van der Waals surface area contributed by atoms with Gasteiger partial charge in [0.2, 0.25) is 17.8 Å². The standard InChI is InChI=1S/C17H23N7O2/c1-3-23-13(25)7-6-12(14(23)15-18-8-9-22(15)2)16(26)20-17-21-19-10-24(17)11-4-5-11/h8-12,14H,3-7H2,1-2H3,(H,20,21,26)/t12-,14-/m0/s1. The third-order valence-electron chi connectivity index (χ3n) is 5.26. The third-order valence-corrected chi connectivity index (χ3v) is 5.26. The van der Waals surface area contributed by atoms with E-state index in [-0.39, 0.29) is 23.8 Å². The molecule has 1 saturated heterocycles. The van der Waals surface area contributed by atoms with Crippen LogP contribution in [0.2, 0.25) is 0 Å². The molecule has 1 saturated carbocycles. The van der Waals surface area contributed by atoms with Gasteiger partial charge in [-0.05, 0) is 26.2 Å². The van der Waals surface area contributed by atoms with Crippen LogP contribution in [-0.2, 0) is 16.6 Å². The van der Waals surface area contributed by atoms with E-state index in [1.807, 2.05) is 29.3 Å². The van der Waals surface area contributed by atoms with Gasteiger partial charge in [0, 0.05) is 38.4 Å². The van der Waals surface area contributed by atoms with Crippen LogP contribution in [0.15, 0.2) is 18.7 Å². The second kappa shape index (κ2) is 6.54. The number of rotatable bonds is 5. The first-order valence-corrected chi connectivity index (χ1v) is 9.07. The zero-order valence-corrected chi connectivity index (χ0v) is 15.0. The molecule has 2 atom stereocenters. The van der Waals surface area contributed by atoms with Gasteiger partial charge in [-0.15, -0.1) is 10.2 Å². The summed E-state index contributed by atoms with van der Waals surface area (Å²) in [5, 5.41) is 10.9. The molecule has 26 heavy (non-hydrogen) atoms. The first-order chi connectivity index (χ1) is 12.6. The Kier molecular flexibility index (Phi) is 4.21. The molecule has 2 amide bonds. The van der Waals surface area contributed by atoms with Crippen LogP contribution in [0.5, 0.6) is 0 Å². The lowest BCUT2D eigenvalue weighted by atomic mass is 9.87. The lowest BCUT2D eigenvalue weighted by molar-refractivity contribution is -0.142. The smallest absolute Gasteiger partial charge is 0.232 e. The van der Waals surface area contributed by atoms with Crippen molar-refractivity contribution in [2.24, 2.45) is 13.0 Å². The number of carbonyl (C=O) groups excluding carboxylic acids is 2. The highest BCUT2D eigenvalue weighted by Gasteiger charge is 2.42. The fourth-order valence-electron chi connectivity index (χ4n) is 3.74. The quantitative estimate of drug-likeness (QED) is 0.869. The molecule has 1 aliphatic heterocycles. The summed E-state index contributed by atoms with van der Waals surface area (Å²) in [6.45, 7) is 2.47. The molecule has 9 heteroatoms. The van der Waals surface area contributed by atoms with E-state index in [4.69, 9.17) is 0 Å². The van der Waals surface area contributed by atoms with Gasteiger partial charge in [-0.3, -0.25) is 19.5 Å². The highest BCUT2D eigenvalue weighted by molar-refractivity contribution is 5.93. The van der Waals surface area contributed by atoms with E-state index in [2.05, 4.69) is 20.5 Å². The van der Waals surface area contributed by atoms with Gasteiger partial charge in [-0.1, -0.05) is 0 Å². The Bertz CT molecular complexity index is 823. The average Bonchev–Trinajstić information content (AvgIpc) is 3.22. The van der Waals surface area contributed by atoms with Gasteiger partial charge in [0.25, 0.3) is 0 Å². The molecule has 0 bridgehead atoms. The number of aryl methyl sites for hydroxylation is 1. The highest BCUT2D eigenvalue weighted by Crippen LogP contribution is 2.38. The van der Waals surface area contributed by atoms with Crippen molar-refractivity contribution < 1.29 is 9.59 Å². The highest BCUT2D eigenvalue weighted by atomic mass is 16.2. The summed E-state index contributed by atoms with van der Waals surface area (Å²) in [6.07, 6.45) is 8.21. The topological polar surface area (TPSA) is 97.9 Å². The second-order valence-electron chi connectivity index (χ2n) is 6.95. The minimum atomic E-state index is -0.377. The van der Waals surface area contributed by atoms with E-state index in [0.29, 0.717) is 31.4 Å². The number of likely N-dealkylation sites (tertiary alicyclic amines) is 1. The van der Waals surface area contributed by atoms with Crippen molar-refractivity contribution in [3.8, 4) is 0 Å². The molecule has 4 rings (SSSR count). The van der Waals surface area contributed by atoms with Crippen molar-refractivity contribution in [3.05, 3.63) is 24.5 Å². The van der Waals surface area contributed by atoms with Crippen molar-refractivity contribution in [1.29, 1.82) is 0 Å². The maximum absolute atomic E-state index is 13.1. The number of carbonyl (C=O) groups is 2. The molecular formula is C17H23N7O2. The van der Waals surface area contributed by atoms with Crippen LogP contribution < -0.4 is 5.32 Å². The van der Waals surface area contributed by atoms with Gasteiger partial charge in [0.1, 0.15) is 18.2 Å². The van der Waals surface area contributed by atoms with E-state index in [1.54, 1.807) is 17.4 Å². The zero-order chi connectivity index (χ0) is 18.3. The number of hydrogen-bond acceptors (Lipinski definition) is 5. The Morgan fingerprint density at radius 3 is 2.81 bits per heavy atom. The van der Waals surface area contributed by atoms with Crippen LogP contribution >= 0.6 is 0 Å². The van der Waals surface area contributed by atoms with Crippen LogP contribution in [0, 0.1) is 5.92 Å². The van der Waals surface area contributed by atoms with Crippen molar-refractivity contribution in [2.45, 2.75) is 44.7 Å². The summed E-state index contributed by atoms with van der Waals surface area (Å²) in [6, 6.07) is 0.00394. The van der Waals surface area contributed by atoms with E-state index in [0.717, 1.165) is 18.7 Å². The number of hydrogen-bond donors (Lipinski definition) is 1. The molecule has 0 spiro atoms. The monoisotopic (exact) mass is 357 g/mol. The van der Waals surface area contributed by atoms with E-state index < -0.39 is 0 Å². The van der Waals surface area contributed by atoms with Gasteiger partial charge >= 0.3 is 0 Å². The third kappa shape index (κ3) is 2.87. The number of imidazole rings is 1. The molecule has 0 radical (unpaired) electrons. The average molecular weight is 357 g/mol. The summed E-state index contributed by atoms with van der Waals surface area (Å²) in [7, 11) is 1.88. The number of anilines is 1. The molecule has 0 unspecified atom stereocenters. The van der Waals surface area contributed by atoms with Crippen molar-refractivity contribution >= 4 is 17.8 Å². The van der Waals surface area contributed by atoms with E-state index in [9.17, 15) is 9.59 Å². The summed E-state index contributed by atoms with van der Waals surface area (Å²) in [5.74, 6) is 0.752. The number of nitrogens with one attached hydrogen (secondary N) is 1. The van der Waals surface area contributed by atoms with Gasteiger partial charge < -0.3 is 9.47 Å². The molecule has 2 aliphatic rings. The first-order valence-electron chi connectivity index (χ1n) is 9.07. The molecule has 3 heterocycles. The zero-order valence-electron chi connectivity index (χ0n) is 15.0. The summed E-state index contributed by atoms with van der Waals surface area (Å²) in [4.78, 5) is 31.7. The van der Waals surface area contributed by atoms with Crippen molar-refractivity contribution in [1.82, 2.24) is 29.2 Å². The molecule has 9 nitrogen and oxygen atoms in total. The fraction of sp³-hybridized carbons (Fsp3) is 0.588. The lowest BCUT2D eigenvalue weighted by Gasteiger charge is -2.39. The summed E-state index contributed by atoms with van der Waals surface area (Å²) < 4.78 is 3.79. The largest absolute Gasteiger partial charge is 0.336 e. The minimum absolute atomic E-state index is 0.0608. The molecular weight excluding hydrogens is 334 g/mol. The lowest BCUT2D eigenvalue weighted by Crippen LogP contribution is -2.47. The Hall–Kier alpha value is -2.71. The van der Waals surface area contributed by atoms with Crippen LogP contribution in [0.25, 0.3) is 0 Å². The number of nitrogens with zero attached hydrogens (tertiary/aromatic N) is 6. The Labute approximate surface area is 151 Å². The predicted molar refractivity (Wildman–Crippen MR) is 93.0 cm³/mol. The number of aromatic nitrogens is 5. The van der Waals surface area contributed by atoms with Crippen molar-refractivity contribution in [3.63, 3.8) is 0 Å². The summed E-state index contributed by atoms with van der Waals surface area (Å²) >= 11 is 0. The van der Waals surface area contributed by atoms with Crippen LogP contribution in [-0.4, -0.2) is 47.6 Å². The number of piperidine rings is 1. The second-order valence-corrected chi connectivity index (χ2v) is 6.95. The normalized spacial score (nSPS) is 23.3. The van der Waals surface area contributed by atoms with Gasteiger partial charge in [0.05, 0.1) is 5.92 Å². The van der Waals surface area contributed by atoms with Crippen LogP contribution in [0.3, 0.4) is 0 Å². The van der Waals surface area contributed by atoms with Crippen LogP contribution in [0.1, 0.15) is 50.5 Å².